The zero-order chi connectivity index (χ0) is 16.6. The Balaban J connectivity index is 2.25. The maximum atomic E-state index is 12.5. The van der Waals surface area contributed by atoms with E-state index < -0.39 is 18.0 Å². The lowest BCUT2D eigenvalue weighted by molar-refractivity contribution is -0.274. The summed E-state index contributed by atoms with van der Waals surface area (Å²) in [6.45, 7) is 0. The van der Waals surface area contributed by atoms with Crippen molar-refractivity contribution in [3.05, 3.63) is 48.3 Å². The molecule has 3 aromatic rings. The highest BCUT2D eigenvalue weighted by atomic mass is 19.4. The highest BCUT2D eigenvalue weighted by Gasteiger charge is 2.33. The van der Waals surface area contributed by atoms with Crippen molar-refractivity contribution >= 4 is 11.6 Å². The van der Waals surface area contributed by atoms with Crippen LogP contribution in [0.2, 0.25) is 0 Å². The Labute approximate surface area is 127 Å². The van der Waals surface area contributed by atoms with Gasteiger partial charge in [0, 0.05) is 18.0 Å². The van der Waals surface area contributed by atoms with Crippen molar-refractivity contribution in [3.8, 4) is 17.0 Å². The second-order valence-corrected chi connectivity index (χ2v) is 4.52. The van der Waals surface area contributed by atoms with Crippen molar-refractivity contribution in [2.24, 2.45) is 5.73 Å². The summed E-state index contributed by atoms with van der Waals surface area (Å²) in [6.07, 6.45) is -1.95. The second kappa shape index (κ2) is 5.27. The molecule has 0 bridgehead atoms. The molecule has 23 heavy (non-hydrogen) atoms. The molecule has 0 aliphatic rings. The number of amides is 1. The average Bonchev–Trinajstić information content (AvgIpc) is 2.85. The number of halogens is 3. The van der Waals surface area contributed by atoms with Crippen molar-refractivity contribution in [1.29, 1.82) is 0 Å². The van der Waals surface area contributed by atoms with Crippen LogP contribution in [0, 0.1) is 0 Å². The van der Waals surface area contributed by atoms with Gasteiger partial charge in [-0.05, 0) is 18.2 Å². The van der Waals surface area contributed by atoms with Gasteiger partial charge in [-0.3, -0.25) is 4.79 Å². The fourth-order valence-electron chi connectivity index (χ4n) is 2.18. The Bertz CT molecular complexity index is 889. The van der Waals surface area contributed by atoms with E-state index in [0.29, 0.717) is 0 Å². The summed E-state index contributed by atoms with van der Waals surface area (Å²) in [5.41, 5.74) is 5.37. The van der Waals surface area contributed by atoms with Crippen LogP contribution < -0.4 is 10.5 Å². The van der Waals surface area contributed by atoms with Crippen LogP contribution in [-0.4, -0.2) is 26.9 Å². The Morgan fingerprint density at radius 1 is 1.22 bits per heavy atom. The lowest BCUT2D eigenvalue weighted by Crippen LogP contribution is -2.18. The highest BCUT2D eigenvalue weighted by Crippen LogP contribution is 2.35. The molecule has 0 unspecified atom stereocenters. The Hall–Kier alpha value is -3.10. The topological polar surface area (TPSA) is 82.5 Å². The molecule has 6 nitrogen and oxygen atoms in total. The normalized spacial score (nSPS) is 11.6. The van der Waals surface area contributed by atoms with Gasteiger partial charge in [0.1, 0.15) is 17.0 Å². The van der Waals surface area contributed by atoms with Crippen LogP contribution in [0.3, 0.4) is 0 Å². The first-order valence-electron chi connectivity index (χ1n) is 6.35. The van der Waals surface area contributed by atoms with Gasteiger partial charge >= 0.3 is 6.36 Å². The zero-order valence-corrected chi connectivity index (χ0v) is 11.4. The fourth-order valence-corrected chi connectivity index (χ4v) is 2.18. The number of benzene rings is 1. The second-order valence-electron chi connectivity index (χ2n) is 4.52. The SMILES string of the molecule is NC(=O)c1c(-c2ccccc2OC(F)(F)F)nn2cccnc12. The zero-order valence-electron chi connectivity index (χ0n) is 11.4. The summed E-state index contributed by atoms with van der Waals surface area (Å²) in [5, 5.41) is 4.10. The maximum absolute atomic E-state index is 12.5. The number of nitrogens with two attached hydrogens (primary N) is 1. The number of primary amides is 1. The number of carbonyl (C=O) groups excluding carboxylic acids is 1. The molecule has 0 spiro atoms. The number of hydrogen-bond acceptors (Lipinski definition) is 4. The van der Waals surface area contributed by atoms with Gasteiger partial charge < -0.3 is 10.5 Å². The van der Waals surface area contributed by atoms with E-state index in [1.54, 1.807) is 6.07 Å². The minimum atomic E-state index is -4.87. The lowest BCUT2D eigenvalue weighted by Gasteiger charge is -2.12. The van der Waals surface area contributed by atoms with Crippen LogP contribution in [0.1, 0.15) is 10.4 Å². The molecule has 9 heteroatoms. The van der Waals surface area contributed by atoms with Gasteiger partial charge in [0.25, 0.3) is 5.91 Å². The minimum absolute atomic E-state index is 0.0101. The third kappa shape index (κ3) is 2.80. The molecule has 0 atom stereocenters. The summed E-state index contributed by atoms with van der Waals surface area (Å²) in [7, 11) is 0. The molecular weight excluding hydrogens is 313 g/mol. The number of rotatable bonds is 3. The first-order chi connectivity index (χ1) is 10.9. The Morgan fingerprint density at radius 3 is 2.65 bits per heavy atom. The number of hydrogen-bond donors (Lipinski definition) is 1. The lowest BCUT2D eigenvalue weighted by atomic mass is 10.1. The van der Waals surface area contributed by atoms with Crippen LogP contribution in [0.4, 0.5) is 13.2 Å². The largest absolute Gasteiger partial charge is 0.573 e. The average molecular weight is 322 g/mol. The van der Waals surface area contributed by atoms with Crippen LogP contribution in [-0.2, 0) is 0 Å². The van der Waals surface area contributed by atoms with Crippen molar-refractivity contribution in [2.45, 2.75) is 6.36 Å². The molecule has 0 aliphatic carbocycles. The molecular formula is C14H9F3N4O2. The van der Waals surface area contributed by atoms with E-state index in [1.165, 1.54) is 35.1 Å². The Morgan fingerprint density at radius 2 is 1.96 bits per heavy atom. The van der Waals surface area contributed by atoms with E-state index in [2.05, 4.69) is 14.8 Å². The van der Waals surface area contributed by atoms with E-state index >= 15 is 0 Å². The minimum Gasteiger partial charge on any atom is -0.405 e. The standard InChI is InChI=1S/C14H9F3N4O2/c15-14(16,17)23-9-5-2-1-4-8(9)11-10(12(18)22)13-19-6-3-7-21(13)20-11/h1-7H,(H2,18,22). The monoisotopic (exact) mass is 322 g/mol. The van der Waals surface area contributed by atoms with Gasteiger partial charge in [-0.15, -0.1) is 13.2 Å². The van der Waals surface area contributed by atoms with Crippen LogP contribution in [0.15, 0.2) is 42.7 Å². The summed E-state index contributed by atoms with van der Waals surface area (Å²) in [4.78, 5) is 15.7. The van der Waals surface area contributed by atoms with Crippen LogP contribution >= 0.6 is 0 Å². The van der Waals surface area contributed by atoms with E-state index in [1.807, 2.05) is 0 Å². The van der Waals surface area contributed by atoms with Gasteiger partial charge in [0.05, 0.1) is 0 Å². The number of para-hydroxylation sites is 1. The molecule has 2 heterocycles. The first kappa shape index (κ1) is 14.8. The van der Waals surface area contributed by atoms with Gasteiger partial charge in [0.15, 0.2) is 5.65 Å². The van der Waals surface area contributed by atoms with Gasteiger partial charge in [-0.2, -0.15) is 5.10 Å². The summed E-state index contributed by atoms with van der Waals surface area (Å²) >= 11 is 0. The van der Waals surface area contributed by atoms with Crippen molar-refractivity contribution < 1.29 is 22.7 Å². The third-order valence-corrected chi connectivity index (χ3v) is 3.01. The number of nitrogens with zero attached hydrogens (tertiary/aromatic N) is 3. The molecule has 0 saturated carbocycles. The molecule has 0 saturated heterocycles. The molecule has 1 amide bonds. The third-order valence-electron chi connectivity index (χ3n) is 3.01. The molecule has 2 aromatic heterocycles. The van der Waals surface area contributed by atoms with Gasteiger partial charge in [0.2, 0.25) is 0 Å². The molecule has 0 radical (unpaired) electrons. The molecule has 118 valence electrons. The maximum Gasteiger partial charge on any atom is 0.573 e. The number of alkyl halides is 3. The highest BCUT2D eigenvalue weighted by molar-refractivity contribution is 6.05. The molecule has 0 aliphatic heterocycles. The Kier molecular flexibility index (Phi) is 3.40. The van der Waals surface area contributed by atoms with E-state index in [0.717, 1.165) is 6.07 Å². The molecule has 2 N–H and O–H groups in total. The quantitative estimate of drug-likeness (QED) is 0.802. The van der Waals surface area contributed by atoms with E-state index in [9.17, 15) is 18.0 Å². The molecule has 3 rings (SSSR count). The predicted octanol–water partition coefficient (Wildman–Crippen LogP) is 2.39. The van der Waals surface area contributed by atoms with Gasteiger partial charge in [-0.1, -0.05) is 12.1 Å². The summed E-state index contributed by atoms with van der Waals surface area (Å²) < 4.78 is 42.9. The van der Waals surface area contributed by atoms with E-state index in [4.69, 9.17) is 5.73 Å². The molecule has 1 aromatic carbocycles. The van der Waals surface area contributed by atoms with Crippen LogP contribution in [0.5, 0.6) is 5.75 Å². The predicted molar refractivity (Wildman–Crippen MR) is 73.6 cm³/mol. The van der Waals surface area contributed by atoms with Crippen molar-refractivity contribution in [1.82, 2.24) is 14.6 Å². The van der Waals surface area contributed by atoms with Crippen LogP contribution in [0.25, 0.3) is 16.9 Å². The number of fused-ring (bicyclic) bond motifs is 1. The molecule has 0 fully saturated rings. The fraction of sp³-hybridized carbons (Fsp3) is 0.0714. The number of aromatic nitrogens is 3. The summed E-state index contributed by atoms with van der Waals surface area (Å²) in [6, 6.07) is 6.93. The number of ether oxygens (including phenoxy) is 1. The number of carbonyl (C=O) groups is 1. The smallest absolute Gasteiger partial charge is 0.405 e. The van der Waals surface area contributed by atoms with Crippen molar-refractivity contribution in [3.63, 3.8) is 0 Å². The summed E-state index contributed by atoms with van der Waals surface area (Å²) in [5.74, 6) is -1.33. The first-order valence-corrected chi connectivity index (χ1v) is 6.35. The van der Waals surface area contributed by atoms with E-state index in [-0.39, 0.29) is 22.5 Å². The van der Waals surface area contributed by atoms with Crippen molar-refractivity contribution in [2.75, 3.05) is 0 Å². The van der Waals surface area contributed by atoms with Gasteiger partial charge in [-0.25, -0.2) is 9.50 Å².